The highest BCUT2D eigenvalue weighted by molar-refractivity contribution is 7.09. The minimum absolute atomic E-state index is 0.0363. The summed E-state index contributed by atoms with van der Waals surface area (Å²) in [6.07, 6.45) is 0. The third-order valence-corrected chi connectivity index (χ3v) is 4.75. The van der Waals surface area contributed by atoms with Gasteiger partial charge in [-0.05, 0) is 36.4 Å². The zero-order valence-electron chi connectivity index (χ0n) is 15.6. The Balaban J connectivity index is 1.30. The van der Waals surface area contributed by atoms with Gasteiger partial charge in [0.15, 0.2) is 6.61 Å². The summed E-state index contributed by atoms with van der Waals surface area (Å²) < 4.78 is 5.57. The summed E-state index contributed by atoms with van der Waals surface area (Å²) in [5, 5.41) is 17.8. The van der Waals surface area contributed by atoms with Crippen LogP contribution < -0.4 is 10.1 Å². The number of benzene rings is 2. The molecule has 2 aromatic heterocycles. The Kier molecular flexibility index (Phi) is 5.57. The number of carbonyl (C=O) groups is 1. The molecule has 0 fully saturated rings. The van der Waals surface area contributed by atoms with Gasteiger partial charge >= 0.3 is 0 Å². The molecule has 4 aromatic rings. The maximum atomic E-state index is 12.2. The van der Waals surface area contributed by atoms with E-state index in [-0.39, 0.29) is 19.1 Å². The summed E-state index contributed by atoms with van der Waals surface area (Å²) in [5.41, 5.74) is 2.63. The molecule has 8 nitrogen and oxygen atoms in total. The van der Waals surface area contributed by atoms with E-state index in [1.165, 1.54) is 4.80 Å². The fraction of sp³-hybridized carbons (Fsp3) is 0.150. The van der Waals surface area contributed by atoms with Gasteiger partial charge in [0.05, 0.1) is 10.7 Å². The molecule has 146 valence electrons. The second-order valence-corrected chi connectivity index (χ2v) is 7.28. The van der Waals surface area contributed by atoms with Crippen LogP contribution in [0.1, 0.15) is 10.8 Å². The zero-order chi connectivity index (χ0) is 20.1. The number of tetrazole rings is 1. The van der Waals surface area contributed by atoms with Crippen LogP contribution in [0, 0.1) is 6.92 Å². The summed E-state index contributed by atoms with van der Waals surface area (Å²) >= 11 is 1.61. The number of carbonyl (C=O) groups excluding carboxylic acids is 1. The summed E-state index contributed by atoms with van der Waals surface area (Å²) in [5.74, 6) is 0.887. The van der Waals surface area contributed by atoms with Crippen molar-refractivity contribution >= 4 is 22.9 Å². The number of para-hydroxylation sites is 1. The van der Waals surface area contributed by atoms with Crippen LogP contribution in [0.15, 0.2) is 60.0 Å². The van der Waals surface area contributed by atoms with E-state index < -0.39 is 0 Å². The first kappa shape index (κ1) is 18.8. The molecule has 0 saturated heterocycles. The van der Waals surface area contributed by atoms with Gasteiger partial charge in [-0.3, -0.25) is 4.79 Å². The van der Waals surface area contributed by atoms with Crippen LogP contribution >= 0.6 is 11.3 Å². The molecule has 1 amide bonds. The topological polar surface area (TPSA) is 94.8 Å². The lowest BCUT2D eigenvalue weighted by Crippen LogP contribution is -2.20. The maximum absolute atomic E-state index is 12.2. The first-order chi connectivity index (χ1) is 14.2. The van der Waals surface area contributed by atoms with Crippen LogP contribution in [-0.2, 0) is 17.9 Å². The van der Waals surface area contributed by atoms with Gasteiger partial charge in [-0.1, -0.05) is 30.3 Å². The van der Waals surface area contributed by atoms with Crippen molar-refractivity contribution in [3.8, 4) is 17.0 Å². The third kappa shape index (κ3) is 5.02. The Hall–Kier alpha value is -3.59. The molecule has 0 saturated carbocycles. The number of amides is 1. The molecule has 0 aliphatic heterocycles. The molecule has 4 rings (SSSR count). The number of anilines is 1. The monoisotopic (exact) mass is 406 g/mol. The van der Waals surface area contributed by atoms with Crippen molar-refractivity contribution in [2.45, 2.75) is 20.1 Å². The number of nitrogens with one attached hydrogen (secondary N) is 1. The Morgan fingerprint density at radius 3 is 2.66 bits per heavy atom. The SMILES string of the molecule is Cc1nc(-c2ccc(NC(=O)Cn3nnc(COc4ccccc4)n3)cc2)cs1. The third-order valence-electron chi connectivity index (χ3n) is 3.97. The quantitative estimate of drug-likeness (QED) is 0.506. The molecule has 29 heavy (non-hydrogen) atoms. The van der Waals surface area contributed by atoms with E-state index in [2.05, 4.69) is 25.7 Å². The summed E-state index contributed by atoms with van der Waals surface area (Å²) in [4.78, 5) is 17.9. The normalized spacial score (nSPS) is 10.7. The average molecular weight is 406 g/mol. The van der Waals surface area contributed by atoms with Crippen LogP contribution in [0.5, 0.6) is 5.75 Å². The van der Waals surface area contributed by atoms with Gasteiger partial charge in [0, 0.05) is 16.6 Å². The predicted molar refractivity (Wildman–Crippen MR) is 110 cm³/mol. The Morgan fingerprint density at radius 1 is 1.14 bits per heavy atom. The van der Waals surface area contributed by atoms with E-state index in [0.717, 1.165) is 22.0 Å². The van der Waals surface area contributed by atoms with Crippen molar-refractivity contribution < 1.29 is 9.53 Å². The van der Waals surface area contributed by atoms with Gasteiger partial charge in [0.25, 0.3) is 0 Å². The van der Waals surface area contributed by atoms with E-state index in [4.69, 9.17) is 4.74 Å². The number of aromatic nitrogens is 5. The number of aryl methyl sites for hydroxylation is 1. The van der Waals surface area contributed by atoms with Crippen LogP contribution in [0.25, 0.3) is 11.3 Å². The van der Waals surface area contributed by atoms with Gasteiger partial charge in [0.1, 0.15) is 12.3 Å². The van der Waals surface area contributed by atoms with Crippen molar-refractivity contribution in [1.82, 2.24) is 25.2 Å². The number of nitrogens with zero attached hydrogens (tertiary/aromatic N) is 5. The van der Waals surface area contributed by atoms with Gasteiger partial charge in [-0.2, -0.15) is 4.80 Å². The number of hydrogen-bond donors (Lipinski definition) is 1. The average Bonchev–Trinajstić information content (AvgIpc) is 3.36. The molecule has 1 N–H and O–H groups in total. The molecule has 0 aliphatic rings. The molecule has 2 aromatic carbocycles. The number of rotatable bonds is 7. The second kappa shape index (κ2) is 8.61. The molecule has 0 unspecified atom stereocenters. The van der Waals surface area contributed by atoms with E-state index in [1.54, 1.807) is 11.3 Å². The molecular formula is C20H18N6O2S. The zero-order valence-corrected chi connectivity index (χ0v) is 16.5. The lowest BCUT2D eigenvalue weighted by molar-refractivity contribution is -0.117. The van der Waals surface area contributed by atoms with Gasteiger partial charge in [0.2, 0.25) is 11.7 Å². The standard InChI is InChI=1S/C20H18N6O2S/c1-14-21-18(13-29-14)15-7-9-16(10-8-15)22-20(27)11-26-24-19(23-25-26)12-28-17-5-3-2-4-6-17/h2-10,13H,11-12H2,1H3,(H,22,27). The number of hydrogen-bond acceptors (Lipinski definition) is 7. The van der Waals surface area contributed by atoms with Gasteiger partial charge in [-0.15, -0.1) is 21.5 Å². The molecule has 0 aliphatic carbocycles. The van der Waals surface area contributed by atoms with Crippen molar-refractivity contribution in [2.75, 3.05) is 5.32 Å². The van der Waals surface area contributed by atoms with Crippen LogP contribution in [0.4, 0.5) is 5.69 Å². The van der Waals surface area contributed by atoms with Crippen molar-refractivity contribution in [1.29, 1.82) is 0 Å². The first-order valence-corrected chi connectivity index (χ1v) is 9.80. The molecular weight excluding hydrogens is 388 g/mol. The summed E-state index contributed by atoms with van der Waals surface area (Å²) in [7, 11) is 0. The Labute approximate surface area is 171 Å². The van der Waals surface area contributed by atoms with E-state index in [9.17, 15) is 4.79 Å². The lowest BCUT2D eigenvalue weighted by Gasteiger charge is -2.05. The lowest BCUT2D eigenvalue weighted by atomic mass is 10.1. The van der Waals surface area contributed by atoms with Crippen molar-refractivity contribution in [3.05, 3.63) is 70.8 Å². The summed E-state index contributed by atoms with van der Waals surface area (Å²) in [6, 6.07) is 16.9. The first-order valence-electron chi connectivity index (χ1n) is 8.93. The fourth-order valence-corrected chi connectivity index (χ4v) is 3.24. The highest BCUT2D eigenvalue weighted by Crippen LogP contribution is 2.23. The molecule has 0 atom stereocenters. The molecule has 2 heterocycles. The van der Waals surface area contributed by atoms with Gasteiger partial charge in [-0.25, -0.2) is 4.98 Å². The minimum atomic E-state index is -0.241. The van der Waals surface area contributed by atoms with Crippen LogP contribution in [0.3, 0.4) is 0 Å². The van der Waals surface area contributed by atoms with Gasteiger partial charge < -0.3 is 10.1 Å². The predicted octanol–water partition coefficient (Wildman–Crippen LogP) is 3.32. The number of ether oxygens (including phenoxy) is 1. The van der Waals surface area contributed by atoms with Crippen molar-refractivity contribution in [3.63, 3.8) is 0 Å². The van der Waals surface area contributed by atoms with E-state index >= 15 is 0 Å². The highest BCUT2D eigenvalue weighted by Gasteiger charge is 2.09. The molecule has 0 spiro atoms. The van der Waals surface area contributed by atoms with Crippen molar-refractivity contribution in [2.24, 2.45) is 0 Å². The van der Waals surface area contributed by atoms with E-state index in [0.29, 0.717) is 11.5 Å². The number of thiazole rings is 1. The Morgan fingerprint density at radius 2 is 1.93 bits per heavy atom. The van der Waals surface area contributed by atoms with Crippen LogP contribution in [0.2, 0.25) is 0 Å². The minimum Gasteiger partial charge on any atom is -0.485 e. The fourth-order valence-electron chi connectivity index (χ4n) is 2.62. The Bertz CT molecular complexity index is 1090. The second-order valence-electron chi connectivity index (χ2n) is 6.22. The van der Waals surface area contributed by atoms with E-state index in [1.807, 2.05) is 66.9 Å². The molecule has 0 radical (unpaired) electrons. The smallest absolute Gasteiger partial charge is 0.248 e. The summed E-state index contributed by atoms with van der Waals surface area (Å²) in [6.45, 7) is 2.12. The molecule has 9 heteroatoms. The van der Waals surface area contributed by atoms with Crippen LogP contribution in [-0.4, -0.2) is 31.1 Å². The largest absolute Gasteiger partial charge is 0.485 e. The molecule has 0 bridgehead atoms. The maximum Gasteiger partial charge on any atom is 0.248 e. The highest BCUT2D eigenvalue weighted by atomic mass is 32.1.